The normalized spacial score (nSPS) is 17.3. The van der Waals surface area contributed by atoms with E-state index < -0.39 is 0 Å². The molecule has 0 bridgehead atoms. The molecule has 5 heteroatoms. The van der Waals surface area contributed by atoms with E-state index in [0.29, 0.717) is 12.5 Å². The molecule has 4 nitrogen and oxygen atoms in total. The topological polar surface area (TPSA) is 63.8 Å². The Morgan fingerprint density at radius 1 is 1.00 bits per heavy atom. The lowest BCUT2D eigenvalue weighted by Crippen LogP contribution is -2.24. The van der Waals surface area contributed by atoms with Crippen molar-refractivity contribution in [1.82, 2.24) is 9.97 Å². The van der Waals surface area contributed by atoms with Gasteiger partial charge in [0.1, 0.15) is 11.6 Å². The van der Waals surface area contributed by atoms with E-state index in [1.807, 2.05) is 12.2 Å². The van der Waals surface area contributed by atoms with Gasteiger partial charge in [0.05, 0.1) is 5.69 Å². The van der Waals surface area contributed by atoms with Crippen molar-refractivity contribution in [2.45, 2.75) is 44.6 Å². The van der Waals surface area contributed by atoms with Gasteiger partial charge >= 0.3 is 0 Å². The van der Waals surface area contributed by atoms with Gasteiger partial charge in [0.2, 0.25) is 5.95 Å². The van der Waals surface area contributed by atoms with Crippen LogP contribution in [0, 0.1) is 5.82 Å². The third-order valence-corrected chi connectivity index (χ3v) is 5.13. The monoisotopic (exact) mass is 350 g/mol. The molecule has 2 aliphatic carbocycles. The van der Waals surface area contributed by atoms with E-state index >= 15 is 0 Å². The maximum atomic E-state index is 13.2. The summed E-state index contributed by atoms with van der Waals surface area (Å²) in [5.74, 6) is 0.908. The highest BCUT2D eigenvalue weighted by atomic mass is 19.1. The molecular weight excluding hydrogens is 327 g/mol. The van der Waals surface area contributed by atoms with E-state index in [4.69, 9.17) is 5.73 Å². The third kappa shape index (κ3) is 3.62. The predicted molar refractivity (Wildman–Crippen MR) is 104 cm³/mol. The third-order valence-electron chi connectivity index (χ3n) is 5.13. The molecule has 4 rings (SSSR count). The molecule has 0 aliphatic heterocycles. The first-order valence-corrected chi connectivity index (χ1v) is 9.26. The van der Waals surface area contributed by atoms with Crippen LogP contribution in [0.5, 0.6) is 0 Å². The molecule has 0 saturated heterocycles. The van der Waals surface area contributed by atoms with Crippen molar-refractivity contribution in [3.63, 3.8) is 0 Å². The molecule has 1 heterocycles. The van der Waals surface area contributed by atoms with Crippen molar-refractivity contribution in [3.05, 3.63) is 59.1 Å². The van der Waals surface area contributed by atoms with Gasteiger partial charge in [0, 0.05) is 11.6 Å². The summed E-state index contributed by atoms with van der Waals surface area (Å²) in [5, 5.41) is 3.60. The van der Waals surface area contributed by atoms with E-state index in [1.54, 1.807) is 12.1 Å². The van der Waals surface area contributed by atoms with Gasteiger partial charge in [-0.1, -0.05) is 43.5 Å². The van der Waals surface area contributed by atoms with Crippen molar-refractivity contribution in [2.75, 3.05) is 11.1 Å². The zero-order chi connectivity index (χ0) is 17.9. The zero-order valence-corrected chi connectivity index (χ0v) is 14.7. The summed E-state index contributed by atoms with van der Waals surface area (Å²) in [7, 11) is 0. The van der Waals surface area contributed by atoms with E-state index in [0.717, 1.165) is 28.2 Å². The molecule has 2 aromatic rings. The Morgan fingerprint density at radius 2 is 1.77 bits per heavy atom. The SMILES string of the molecule is Nc1nc2c(c(NC3CCCCC3)n1)CC=C(c1ccc(F)cc1)C=C2. The molecule has 26 heavy (non-hydrogen) atoms. The number of halogens is 1. The summed E-state index contributed by atoms with van der Waals surface area (Å²) in [6.45, 7) is 0. The van der Waals surface area contributed by atoms with E-state index in [1.165, 1.54) is 44.2 Å². The largest absolute Gasteiger partial charge is 0.368 e. The fourth-order valence-electron chi connectivity index (χ4n) is 3.72. The number of anilines is 2. The zero-order valence-electron chi connectivity index (χ0n) is 14.7. The highest BCUT2D eigenvalue weighted by Gasteiger charge is 2.19. The minimum Gasteiger partial charge on any atom is -0.368 e. The molecule has 1 aromatic heterocycles. The lowest BCUT2D eigenvalue weighted by atomic mass is 9.95. The molecule has 134 valence electrons. The number of nitrogens with one attached hydrogen (secondary N) is 1. The molecule has 0 atom stereocenters. The van der Waals surface area contributed by atoms with Crippen LogP contribution in [0.1, 0.15) is 48.9 Å². The molecule has 3 N–H and O–H groups in total. The number of fused-ring (bicyclic) bond motifs is 1. The number of hydrogen-bond donors (Lipinski definition) is 2. The quantitative estimate of drug-likeness (QED) is 0.849. The minimum atomic E-state index is -0.229. The van der Waals surface area contributed by atoms with Crippen molar-refractivity contribution >= 4 is 23.4 Å². The second kappa shape index (κ2) is 7.28. The highest BCUT2D eigenvalue weighted by Crippen LogP contribution is 2.29. The Kier molecular flexibility index (Phi) is 4.69. The standard InChI is InChI=1S/C21H23FN4/c22-16-10-6-14(7-11-16)15-8-12-18-19(13-9-15)25-21(23)26-20(18)24-17-4-2-1-3-5-17/h6-11,13,17H,1-5,12H2,(H3,23,24,25,26). The Bertz CT molecular complexity index is 849. The molecule has 0 unspecified atom stereocenters. The number of aromatic nitrogens is 2. The highest BCUT2D eigenvalue weighted by molar-refractivity contribution is 5.81. The average molecular weight is 350 g/mol. The second-order valence-electron chi connectivity index (χ2n) is 6.98. The Labute approximate surface area is 153 Å². The summed E-state index contributed by atoms with van der Waals surface area (Å²) in [5.41, 5.74) is 9.90. The maximum Gasteiger partial charge on any atom is 0.222 e. The van der Waals surface area contributed by atoms with Gasteiger partial charge < -0.3 is 11.1 Å². The van der Waals surface area contributed by atoms with Gasteiger partial charge in [0.15, 0.2) is 0 Å². The molecule has 0 amide bonds. The van der Waals surface area contributed by atoms with Crippen molar-refractivity contribution in [2.24, 2.45) is 0 Å². The predicted octanol–water partition coefficient (Wildman–Crippen LogP) is 4.60. The summed E-state index contributed by atoms with van der Waals surface area (Å²) in [6, 6.07) is 7.01. The molecule has 1 saturated carbocycles. The Hall–Kier alpha value is -2.69. The fraction of sp³-hybridized carbons (Fsp3) is 0.333. The number of rotatable bonds is 3. The Balaban J connectivity index is 1.64. The van der Waals surface area contributed by atoms with Crippen LogP contribution in [0.25, 0.3) is 11.6 Å². The smallest absolute Gasteiger partial charge is 0.222 e. The first kappa shape index (κ1) is 16.8. The molecule has 0 radical (unpaired) electrons. The van der Waals surface area contributed by atoms with Gasteiger partial charge in [0.25, 0.3) is 0 Å². The van der Waals surface area contributed by atoms with Gasteiger partial charge in [-0.2, -0.15) is 4.98 Å². The molecule has 1 aromatic carbocycles. The number of hydrogen-bond acceptors (Lipinski definition) is 4. The lowest BCUT2D eigenvalue weighted by Gasteiger charge is -2.24. The summed E-state index contributed by atoms with van der Waals surface area (Å²) in [6.07, 6.45) is 13.0. The van der Waals surface area contributed by atoms with E-state index in [2.05, 4.69) is 21.4 Å². The fourth-order valence-corrected chi connectivity index (χ4v) is 3.72. The first-order valence-electron chi connectivity index (χ1n) is 9.26. The minimum absolute atomic E-state index is 0.229. The van der Waals surface area contributed by atoms with Crippen molar-refractivity contribution in [3.8, 4) is 0 Å². The van der Waals surface area contributed by atoms with Crippen molar-refractivity contribution in [1.29, 1.82) is 0 Å². The molecular formula is C21H23FN4. The van der Waals surface area contributed by atoms with Crippen LogP contribution in [-0.4, -0.2) is 16.0 Å². The van der Waals surface area contributed by atoms with Crippen LogP contribution >= 0.6 is 0 Å². The second-order valence-corrected chi connectivity index (χ2v) is 6.98. The summed E-state index contributed by atoms with van der Waals surface area (Å²) < 4.78 is 13.2. The van der Waals surface area contributed by atoms with Gasteiger partial charge in [-0.15, -0.1) is 0 Å². The molecule has 2 aliphatic rings. The van der Waals surface area contributed by atoms with Crippen LogP contribution in [0.15, 0.2) is 36.4 Å². The van der Waals surface area contributed by atoms with E-state index in [9.17, 15) is 4.39 Å². The summed E-state index contributed by atoms with van der Waals surface area (Å²) in [4.78, 5) is 8.89. The average Bonchev–Trinajstić information content (AvgIpc) is 2.86. The van der Waals surface area contributed by atoms with Crippen LogP contribution in [0.3, 0.4) is 0 Å². The van der Waals surface area contributed by atoms with Crippen LogP contribution < -0.4 is 11.1 Å². The molecule has 0 spiro atoms. The molecule has 1 fully saturated rings. The van der Waals surface area contributed by atoms with Gasteiger partial charge in [-0.25, -0.2) is 9.37 Å². The van der Waals surface area contributed by atoms with Gasteiger partial charge in [-0.05, 0) is 48.6 Å². The van der Waals surface area contributed by atoms with Gasteiger partial charge in [-0.3, -0.25) is 0 Å². The first-order chi connectivity index (χ1) is 12.7. The number of benzene rings is 1. The van der Waals surface area contributed by atoms with Crippen LogP contribution in [0.4, 0.5) is 16.2 Å². The number of allylic oxidation sites excluding steroid dienone is 3. The number of nitrogens with zero attached hydrogens (tertiary/aromatic N) is 2. The van der Waals surface area contributed by atoms with E-state index in [-0.39, 0.29) is 11.8 Å². The maximum absolute atomic E-state index is 13.2. The van der Waals surface area contributed by atoms with Crippen LogP contribution in [0.2, 0.25) is 0 Å². The summed E-state index contributed by atoms with van der Waals surface area (Å²) >= 11 is 0. The lowest BCUT2D eigenvalue weighted by molar-refractivity contribution is 0.461. The Morgan fingerprint density at radius 3 is 2.54 bits per heavy atom. The number of nitrogens with two attached hydrogens (primary N) is 1. The van der Waals surface area contributed by atoms with Crippen LogP contribution in [-0.2, 0) is 6.42 Å². The van der Waals surface area contributed by atoms with Crippen molar-refractivity contribution < 1.29 is 4.39 Å². The number of nitrogen functional groups attached to an aromatic ring is 1.